The van der Waals surface area contributed by atoms with Gasteiger partial charge in [-0.05, 0) is 54.5 Å². The first-order chi connectivity index (χ1) is 13.7. The van der Waals surface area contributed by atoms with E-state index in [0.717, 1.165) is 6.42 Å². The van der Waals surface area contributed by atoms with Crippen LogP contribution in [0, 0.1) is 0 Å². The van der Waals surface area contributed by atoms with E-state index in [9.17, 15) is 0 Å². The third kappa shape index (κ3) is 5.35. The number of aryl methyl sites for hydroxylation is 1. The lowest BCUT2D eigenvalue weighted by atomic mass is 9.68. The van der Waals surface area contributed by atoms with Crippen molar-refractivity contribution in [2.75, 3.05) is 0 Å². The van der Waals surface area contributed by atoms with Crippen LogP contribution in [-0.2, 0) is 11.8 Å². The second-order valence-electron chi connectivity index (χ2n) is 7.75. The molecule has 1 heteroatoms. The number of rotatable bonds is 10. The Morgan fingerprint density at radius 1 is 0.679 bits per heavy atom. The molecule has 0 nitrogen and oxygen atoms in total. The molecule has 0 spiro atoms. The standard InChI is InChI=1S/C27H31Br/c1-2-3-20-27(24-15-6-4-7-16-24,25-17-8-5-9-18-25)21-11-10-13-23-14-12-19-26(28)22-23/h4-9,12,14-19,22H,2-3,10-11,13,20-21H2,1H3. The fourth-order valence-corrected chi connectivity index (χ4v) is 4.76. The van der Waals surface area contributed by atoms with Crippen molar-refractivity contribution in [3.8, 4) is 0 Å². The average Bonchev–Trinajstić information content (AvgIpc) is 2.75. The van der Waals surface area contributed by atoms with Crippen molar-refractivity contribution < 1.29 is 0 Å². The predicted octanol–water partition coefficient (Wildman–Crippen LogP) is 8.34. The molecule has 0 amide bonds. The highest BCUT2D eigenvalue weighted by Gasteiger charge is 2.32. The number of hydrogen-bond donors (Lipinski definition) is 0. The summed E-state index contributed by atoms with van der Waals surface area (Å²) in [7, 11) is 0. The Morgan fingerprint density at radius 2 is 1.29 bits per heavy atom. The van der Waals surface area contributed by atoms with Crippen LogP contribution in [0.15, 0.2) is 89.4 Å². The van der Waals surface area contributed by atoms with E-state index in [0.29, 0.717) is 0 Å². The third-order valence-electron chi connectivity index (χ3n) is 5.82. The van der Waals surface area contributed by atoms with Crippen LogP contribution in [0.2, 0.25) is 0 Å². The van der Waals surface area contributed by atoms with Crippen molar-refractivity contribution in [2.24, 2.45) is 0 Å². The largest absolute Gasteiger partial charge is 0.0654 e. The Balaban J connectivity index is 1.80. The summed E-state index contributed by atoms with van der Waals surface area (Å²) >= 11 is 3.59. The van der Waals surface area contributed by atoms with Gasteiger partial charge in [-0.15, -0.1) is 0 Å². The quantitative estimate of drug-likeness (QED) is 0.281. The monoisotopic (exact) mass is 434 g/mol. The van der Waals surface area contributed by atoms with E-state index >= 15 is 0 Å². The molecule has 0 aliphatic rings. The molecule has 3 aromatic carbocycles. The lowest BCUT2D eigenvalue weighted by Crippen LogP contribution is -2.28. The maximum absolute atomic E-state index is 3.59. The average molecular weight is 435 g/mol. The van der Waals surface area contributed by atoms with E-state index in [4.69, 9.17) is 0 Å². The Hall–Kier alpha value is -1.86. The van der Waals surface area contributed by atoms with E-state index in [1.54, 1.807) is 0 Å². The fourth-order valence-electron chi connectivity index (χ4n) is 4.31. The second kappa shape index (κ2) is 10.6. The van der Waals surface area contributed by atoms with Crippen LogP contribution < -0.4 is 0 Å². The highest BCUT2D eigenvalue weighted by Crippen LogP contribution is 2.41. The van der Waals surface area contributed by atoms with Gasteiger partial charge < -0.3 is 0 Å². The zero-order valence-electron chi connectivity index (χ0n) is 16.9. The van der Waals surface area contributed by atoms with Gasteiger partial charge in [-0.2, -0.15) is 0 Å². The molecule has 0 bridgehead atoms. The number of halogens is 1. The molecular weight excluding hydrogens is 404 g/mol. The lowest BCUT2D eigenvalue weighted by Gasteiger charge is -2.36. The first kappa shape index (κ1) is 20.9. The molecule has 0 heterocycles. The van der Waals surface area contributed by atoms with E-state index in [1.807, 2.05) is 0 Å². The Kier molecular flexibility index (Phi) is 7.91. The summed E-state index contributed by atoms with van der Waals surface area (Å²) < 4.78 is 1.18. The van der Waals surface area contributed by atoms with Gasteiger partial charge in [-0.25, -0.2) is 0 Å². The maximum Gasteiger partial charge on any atom is 0.0202 e. The second-order valence-corrected chi connectivity index (χ2v) is 8.67. The number of unbranched alkanes of at least 4 members (excludes halogenated alkanes) is 2. The summed E-state index contributed by atoms with van der Waals surface area (Å²) in [6.07, 6.45) is 8.52. The first-order valence-corrected chi connectivity index (χ1v) is 11.4. The molecule has 0 radical (unpaired) electrons. The van der Waals surface area contributed by atoms with E-state index in [-0.39, 0.29) is 5.41 Å². The van der Waals surface area contributed by atoms with Gasteiger partial charge in [0.05, 0.1) is 0 Å². The van der Waals surface area contributed by atoms with Crippen LogP contribution >= 0.6 is 15.9 Å². The van der Waals surface area contributed by atoms with E-state index in [2.05, 4.69) is 108 Å². The molecule has 0 N–H and O–H groups in total. The highest BCUT2D eigenvalue weighted by atomic mass is 79.9. The van der Waals surface area contributed by atoms with Crippen LogP contribution in [-0.4, -0.2) is 0 Å². The van der Waals surface area contributed by atoms with Gasteiger partial charge in [0.2, 0.25) is 0 Å². The summed E-state index contributed by atoms with van der Waals surface area (Å²) in [4.78, 5) is 0. The number of benzene rings is 3. The summed E-state index contributed by atoms with van der Waals surface area (Å²) in [6.45, 7) is 2.30. The van der Waals surface area contributed by atoms with Gasteiger partial charge in [0.1, 0.15) is 0 Å². The van der Waals surface area contributed by atoms with Crippen LogP contribution in [0.5, 0.6) is 0 Å². The van der Waals surface area contributed by atoms with Crippen molar-refractivity contribution in [1.82, 2.24) is 0 Å². The zero-order valence-corrected chi connectivity index (χ0v) is 18.5. The molecule has 146 valence electrons. The minimum Gasteiger partial charge on any atom is -0.0654 e. The molecule has 0 fully saturated rings. The summed E-state index contributed by atoms with van der Waals surface area (Å²) in [5.74, 6) is 0. The molecule has 0 aliphatic heterocycles. The smallest absolute Gasteiger partial charge is 0.0202 e. The Bertz CT molecular complexity index is 784. The molecule has 28 heavy (non-hydrogen) atoms. The van der Waals surface area contributed by atoms with E-state index in [1.165, 1.54) is 59.7 Å². The fraction of sp³-hybridized carbons (Fsp3) is 0.333. The Labute approximate surface area is 179 Å². The van der Waals surface area contributed by atoms with Crippen LogP contribution in [0.25, 0.3) is 0 Å². The molecule has 0 aromatic heterocycles. The minimum atomic E-state index is 0.121. The van der Waals surface area contributed by atoms with Crippen molar-refractivity contribution in [3.05, 3.63) is 106 Å². The first-order valence-electron chi connectivity index (χ1n) is 10.6. The van der Waals surface area contributed by atoms with Crippen molar-refractivity contribution in [1.29, 1.82) is 0 Å². The molecule has 0 unspecified atom stereocenters. The topological polar surface area (TPSA) is 0 Å². The molecule has 0 aliphatic carbocycles. The summed E-state index contributed by atoms with van der Waals surface area (Å²) in [6, 6.07) is 31.1. The molecular formula is C27H31Br. The summed E-state index contributed by atoms with van der Waals surface area (Å²) in [5.41, 5.74) is 4.48. The Morgan fingerprint density at radius 3 is 1.86 bits per heavy atom. The summed E-state index contributed by atoms with van der Waals surface area (Å²) in [5, 5.41) is 0. The van der Waals surface area contributed by atoms with Crippen LogP contribution in [0.1, 0.15) is 62.1 Å². The van der Waals surface area contributed by atoms with Crippen LogP contribution in [0.3, 0.4) is 0 Å². The molecule has 0 atom stereocenters. The third-order valence-corrected chi connectivity index (χ3v) is 6.31. The molecule has 3 rings (SSSR count). The lowest BCUT2D eigenvalue weighted by molar-refractivity contribution is 0.402. The molecule has 0 saturated carbocycles. The SMILES string of the molecule is CCCCC(CCCCc1cccc(Br)c1)(c1ccccc1)c1ccccc1. The van der Waals surface area contributed by atoms with Gasteiger partial charge in [0, 0.05) is 9.89 Å². The van der Waals surface area contributed by atoms with Crippen molar-refractivity contribution in [2.45, 2.75) is 57.3 Å². The van der Waals surface area contributed by atoms with Crippen molar-refractivity contribution in [3.63, 3.8) is 0 Å². The van der Waals surface area contributed by atoms with Gasteiger partial charge in [-0.1, -0.05) is 115 Å². The van der Waals surface area contributed by atoms with E-state index < -0.39 is 0 Å². The van der Waals surface area contributed by atoms with Crippen molar-refractivity contribution >= 4 is 15.9 Å². The van der Waals surface area contributed by atoms with Gasteiger partial charge >= 0.3 is 0 Å². The normalized spacial score (nSPS) is 11.5. The van der Waals surface area contributed by atoms with Gasteiger partial charge in [0.15, 0.2) is 0 Å². The molecule has 0 saturated heterocycles. The van der Waals surface area contributed by atoms with Gasteiger partial charge in [0.25, 0.3) is 0 Å². The van der Waals surface area contributed by atoms with Crippen LogP contribution in [0.4, 0.5) is 0 Å². The maximum atomic E-state index is 3.59. The van der Waals surface area contributed by atoms with Gasteiger partial charge in [-0.3, -0.25) is 0 Å². The highest BCUT2D eigenvalue weighted by molar-refractivity contribution is 9.10. The number of hydrogen-bond acceptors (Lipinski definition) is 0. The minimum absolute atomic E-state index is 0.121. The molecule has 3 aromatic rings. The zero-order chi connectivity index (χ0) is 19.7. The predicted molar refractivity (Wildman–Crippen MR) is 125 cm³/mol.